The van der Waals surface area contributed by atoms with E-state index in [2.05, 4.69) is 114 Å². The van der Waals surface area contributed by atoms with Crippen molar-refractivity contribution in [3.63, 3.8) is 0 Å². The summed E-state index contributed by atoms with van der Waals surface area (Å²) in [4.78, 5) is 29.9. The predicted molar refractivity (Wildman–Crippen MR) is 261 cm³/mol. The minimum absolute atomic E-state index is 0.124. The summed E-state index contributed by atoms with van der Waals surface area (Å²) in [6.45, 7) is 18.7. The van der Waals surface area contributed by atoms with Crippen LogP contribution < -0.4 is 0 Å². The molecule has 6 heteroatoms. The molecule has 0 N–H and O–H groups in total. The second-order valence-corrected chi connectivity index (χ2v) is 43.9. The van der Waals surface area contributed by atoms with E-state index in [1.807, 2.05) is 13.8 Å². The molecular weight excluding hydrogens is 950 g/mol. The molecule has 2 aliphatic carbocycles. The van der Waals surface area contributed by atoms with Crippen LogP contribution in [-0.2, 0) is 19.1 Å². The van der Waals surface area contributed by atoms with E-state index < -0.39 is 48.6 Å². The molecule has 2 atom stereocenters. The topological polar surface area (TPSA) is 52.6 Å². The second-order valence-electron chi connectivity index (χ2n) is 17.9. The molecule has 0 aliphatic heterocycles. The summed E-state index contributed by atoms with van der Waals surface area (Å²) in [6, 6.07) is 26.8. The van der Waals surface area contributed by atoms with Crippen LogP contribution in [-0.4, -0.2) is 61.9 Å². The number of ether oxygens (including phenoxy) is 2. The van der Waals surface area contributed by atoms with Crippen LogP contribution in [0.4, 0.5) is 0 Å². The maximum absolute atomic E-state index is 14.9. The third-order valence-corrected chi connectivity index (χ3v) is 45.4. The van der Waals surface area contributed by atoms with Gasteiger partial charge in [-0.3, -0.25) is 0 Å². The zero-order chi connectivity index (χ0) is 43.1. The Balaban J connectivity index is 2.01. The van der Waals surface area contributed by atoms with E-state index in [1.165, 1.54) is 126 Å². The standard InChI is InChI=1S/C30H24O4.6C4H9.2Sn/c1-3-33-29(31)27-23(19-11-7-5-8-12-19)15-21-18-26-22(17-25(21)27)16-24(20-13-9-6-10-14-20)28(26)30(32)34-4-2;6*1-3-4-2;;/h5-14,17-18,27-28H,3-4H2,1-2H3;6*1,3-4H2,2H3;;. The van der Waals surface area contributed by atoms with Crippen LogP contribution in [0.2, 0.25) is 26.6 Å². The fraction of sp³-hybridized carbons (Fsp3) is 0.556. The number of benzene rings is 3. The quantitative estimate of drug-likeness (QED) is 0.0594. The van der Waals surface area contributed by atoms with Gasteiger partial charge in [-0.2, -0.15) is 0 Å². The van der Waals surface area contributed by atoms with Crippen LogP contribution in [0.25, 0.3) is 18.3 Å². The Morgan fingerprint density at radius 3 is 0.983 bits per heavy atom. The van der Waals surface area contributed by atoms with Crippen molar-refractivity contribution < 1.29 is 19.1 Å². The Kier molecular flexibility index (Phi) is 19.4. The van der Waals surface area contributed by atoms with Crippen molar-refractivity contribution in [3.8, 4) is 0 Å². The molecule has 0 fully saturated rings. The van der Waals surface area contributed by atoms with E-state index in [4.69, 9.17) is 9.47 Å². The van der Waals surface area contributed by atoms with Crippen molar-refractivity contribution in [2.45, 2.75) is 171 Å². The number of esters is 2. The number of hydrogen-bond acceptors (Lipinski definition) is 4. The SMILES string of the molecule is CCC[CH2][Sn]([CH2]CCC)([CH2]CCC)[C]1=C(c2ccccc2)C(C(=O)OCC)c2cc3c(cc21)C(C(=O)OCC)C(c1ccccc1)=[C]3[Sn]([CH2]CCC)([CH2]CCC)[CH2]CCC. The van der Waals surface area contributed by atoms with Gasteiger partial charge in [0.25, 0.3) is 0 Å². The summed E-state index contributed by atoms with van der Waals surface area (Å²) in [5, 5.41) is 0. The normalized spacial score (nSPS) is 16.3. The molecule has 0 bridgehead atoms. The minimum atomic E-state index is -3.36. The molecule has 2 aliphatic rings. The van der Waals surface area contributed by atoms with Crippen molar-refractivity contribution in [2.75, 3.05) is 13.2 Å². The molecule has 0 radical (unpaired) electrons. The molecule has 3 aromatic carbocycles. The fourth-order valence-electron chi connectivity index (χ4n) is 11.0. The van der Waals surface area contributed by atoms with Crippen LogP contribution in [0.3, 0.4) is 0 Å². The first kappa shape index (κ1) is 48.7. The first-order chi connectivity index (χ1) is 29.3. The molecule has 60 heavy (non-hydrogen) atoms. The zero-order valence-corrected chi connectivity index (χ0v) is 44.6. The Bertz CT molecular complexity index is 1730. The number of hydrogen-bond donors (Lipinski definition) is 0. The Morgan fingerprint density at radius 1 is 0.450 bits per heavy atom. The van der Waals surface area contributed by atoms with Crippen LogP contribution in [0.5, 0.6) is 0 Å². The zero-order valence-electron chi connectivity index (χ0n) is 38.9. The molecule has 0 heterocycles. The van der Waals surface area contributed by atoms with Crippen LogP contribution >= 0.6 is 0 Å². The third-order valence-electron chi connectivity index (χ3n) is 13.8. The molecule has 326 valence electrons. The van der Waals surface area contributed by atoms with Gasteiger partial charge < -0.3 is 0 Å². The summed E-state index contributed by atoms with van der Waals surface area (Å²) >= 11 is -6.71. The van der Waals surface area contributed by atoms with E-state index in [0.717, 1.165) is 22.3 Å². The van der Waals surface area contributed by atoms with Crippen molar-refractivity contribution >= 4 is 67.0 Å². The average molecular weight is 1030 g/mol. The molecule has 0 saturated heterocycles. The van der Waals surface area contributed by atoms with Crippen molar-refractivity contribution in [3.05, 3.63) is 106 Å². The van der Waals surface area contributed by atoms with Gasteiger partial charge in [-0.25, -0.2) is 0 Å². The summed E-state index contributed by atoms with van der Waals surface area (Å²) in [5.74, 6) is -1.22. The molecule has 3 aromatic rings. The number of unbranched alkanes of at least 4 members (excludes halogenated alkanes) is 6. The van der Waals surface area contributed by atoms with E-state index >= 15 is 0 Å². The molecule has 2 unspecified atom stereocenters. The second kappa shape index (κ2) is 23.9. The Labute approximate surface area is 373 Å². The molecule has 0 saturated carbocycles. The molecule has 0 amide bonds. The summed E-state index contributed by atoms with van der Waals surface area (Å²) < 4.78 is 23.2. The van der Waals surface area contributed by atoms with Crippen LogP contribution in [0.15, 0.2) is 72.8 Å². The van der Waals surface area contributed by atoms with Gasteiger partial charge in [0.1, 0.15) is 0 Å². The van der Waals surface area contributed by atoms with Gasteiger partial charge in [-0.05, 0) is 0 Å². The van der Waals surface area contributed by atoms with Gasteiger partial charge in [0.15, 0.2) is 0 Å². The third kappa shape index (κ3) is 10.5. The Morgan fingerprint density at radius 2 is 0.733 bits per heavy atom. The average Bonchev–Trinajstić information content (AvgIpc) is 3.80. The first-order valence-corrected chi connectivity index (χ1v) is 39.3. The van der Waals surface area contributed by atoms with Crippen molar-refractivity contribution in [1.82, 2.24) is 0 Å². The van der Waals surface area contributed by atoms with Crippen LogP contribution in [0, 0.1) is 0 Å². The van der Waals surface area contributed by atoms with Gasteiger partial charge in [0, 0.05) is 0 Å². The van der Waals surface area contributed by atoms with Gasteiger partial charge in [0.2, 0.25) is 0 Å². The first-order valence-electron chi connectivity index (χ1n) is 24.4. The monoisotopic (exact) mass is 1030 g/mol. The molecular formula is C54H78O4Sn2. The van der Waals surface area contributed by atoms with Crippen molar-refractivity contribution in [2.24, 2.45) is 0 Å². The van der Waals surface area contributed by atoms with E-state index in [1.54, 1.807) is 7.18 Å². The van der Waals surface area contributed by atoms with E-state index in [9.17, 15) is 9.59 Å². The van der Waals surface area contributed by atoms with E-state index in [-0.39, 0.29) is 11.9 Å². The van der Waals surface area contributed by atoms with Gasteiger partial charge in [-0.15, -0.1) is 0 Å². The Hall–Kier alpha value is -2.32. The summed E-state index contributed by atoms with van der Waals surface area (Å²) in [7, 11) is 0. The maximum atomic E-state index is 14.9. The van der Waals surface area contributed by atoms with Crippen LogP contribution in [0.1, 0.15) is 178 Å². The van der Waals surface area contributed by atoms with Gasteiger partial charge in [-0.1, -0.05) is 0 Å². The number of carbonyl (C=O) groups excluding carboxylic acids is 2. The van der Waals surface area contributed by atoms with Gasteiger partial charge >= 0.3 is 376 Å². The molecule has 5 rings (SSSR count). The fourth-order valence-corrected chi connectivity index (χ4v) is 46.6. The number of carbonyl (C=O) groups is 2. The summed E-state index contributed by atoms with van der Waals surface area (Å²) in [6.07, 6.45) is 14.3. The van der Waals surface area contributed by atoms with Crippen molar-refractivity contribution in [1.29, 1.82) is 0 Å². The number of rotatable bonds is 26. The molecule has 0 aromatic heterocycles. The van der Waals surface area contributed by atoms with Gasteiger partial charge in [0.05, 0.1) is 0 Å². The molecule has 4 nitrogen and oxygen atoms in total. The summed E-state index contributed by atoms with van der Waals surface area (Å²) in [5.41, 5.74) is 9.60. The van der Waals surface area contributed by atoms with E-state index in [0.29, 0.717) is 13.2 Å². The number of fused-ring (bicyclic) bond motifs is 2. The molecule has 0 spiro atoms. The predicted octanol–water partition coefficient (Wildman–Crippen LogP) is 15.6.